The van der Waals surface area contributed by atoms with Crippen molar-refractivity contribution in [1.29, 1.82) is 0 Å². The van der Waals surface area contributed by atoms with Crippen LogP contribution in [0.5, 0.6) is 0 Å². The Morgan fingerprint density at radius 1 is 1.22 bits per heavy atom. The molecule has 0 bridgehead atoms. The number of amides is 2. The molecule has 1 saturated heterocycles. The number of nitrogens with one attached hydrogen (secondary N) is 1. The molecule has 1 heterocycles. The van der Waals surface area contributed by atoms with Crippen LogP contribution >= 0.6 is 0 Å². The van der Waals surface area contributed by atoms with Crippen LogP contribution in [0.4, 0.5) is 13.2 Å². The van der Waals surface area contributed by atoms with E-state index in [-0.39, 0.29) is 24.2 Å². The van der Waals surface area contributed by atoms with Gasteiger partial charge in [0, 0.05) is 6.54 Å². The summed E-state index contributed by atoms with van der Waals surface area (Å²) in [5.74, 6) is -2.82. The topological polar surface area (TPSA) is 92.8 Å². The SMILES string of the molecule is CCOC(=O)C1C[C@@H]1/C=C\CCCCC[C@H](NC(=O)C(F)(F)F)C(=O)N1CCC[C@H]1C=O. The maximum atomic E-state index is 12.7. The lowest BCUT2D eigenvalue weighted by Crippen LogP contribution is -2.53. The number of rotatable bonds is 12. The maximum absolute atomic E-state index is 12.7. The third-order valence-corrected chi connectivity index (χ3v) is 5.78. The van der Waals surface area contributed by atoms with Gasteiger partial charge in [-0.3, -0.25) is 14.4 Å². The number of nitrogens with zero attached hydrogens (tertiary/aromatic N) is 1. The second-order valence-electron chi connectivity index (χ2n) is 8.23. The van der Waals surface area contributed by atoms with Crippen molar-refractivity contribution >= 4 is 24.1 Å². The molecular formula is C22H31F3N2O5. The minimum Gasteiger partial charge on any atom is -0.466 e. The third-order valence-electron chi connectivity index (χ3n) is 5.78. The number of halogens is 3. The molecule has 2 aliphatic rings. The van der Waals surface area contributed by atoms with Crippen LogP contribution in [0.2, 0.25) is 0 Å². The second kappa shape index (κ2) is 12.0. The number of aldehydes is 1. The molecule has 10 heteroatoms. The Morgan fingerprint density at radius 3 is 2.62 bits per heavy atom. The zero-order valence-electron chi connectivity index (χ0n) is 18.2. The fraction of sp³-hybridized carbons (Fsp3) is 0.727. The number of hydrogen-bond acceptors (Lipinski definition) is 5. The molecule has 2 rings (SSSR count). The van der Waals surface area contributed by atoms with Gasteiger partial charge in [-0.2, -0.15) is 13.2 Å². The number of ether oxygens (including phenoxy) is 1. The molecule has 1 aliphatic carbocycles. The monoisotopic (exact) mass is 460 g/mol. The van der Waals surface area contributed by atoms with Gasteiger partial charge in [0.2, 0.25) is 5.91 Å². The van der Waals surface area contributed by atoms with Crippen molar-refractivity contribution in [2.75, 3.05) is 13.2 Å². The lowest BCUT2D eigenvalue weighted by Gasteiger charge is -2.27. The standard InChI is InChI=1S/C22H31F3N2O5/c1-2-32-20(30)17-13-15(17)9-6-4-3-5-7-11-18(26-21(31)22(23,24)25)19(29)27-12-8-10-16(27)14-28/h6,9,14-18H,2-5,7-8,10-13H2,1H3,(H,26,31)/b9-6-/t15-,16-,17?,18-/m0/s1. The van der Waals surface area contributed by atoms with Crippen molar-refractivity contribution < 1.29 is 37.1 Å². The van der Waals surface area contributed by atoms with E-state index in [9.17, 15) is 32.3 Å². The number of likely N-dealkylation sites (tertiary alicyclic amines) is 1. The number of alkyl halides is 3. The maximum Gasteiger partial charge on any atom is 0.471 e. The average molecular weight is 460 g/mol. The Labute approximate surface area is 185 Å². The molecule has 2 fully saturated rings. The van der Waals surface area contributed by atoms with E-state index in [2.05, 4.69) is 0 Å². The summed E-state index contributed by atoms with van der Waals surface area (Å²) in [6.07, 6.45) is 4.07. The summed E-state index contributed by atoms with van der Waals surface area (Å²) >= 11 is 0. The third kappa shape index (κ3) is 7.63. The van der Waals surface area contributed by atoms with Crippen LogP contribution < -0.4 is 5.32 Å². The van der Waals surface area contributed by atoms with Crippen molar-refractivity contribution in [2.24, 2.45) is 11.8 Å². The van der Waals surface area contributed by atoms with Gasteiger partial charge >= 0.3 is 18.1 Å². The van der Waals surface area contributed by atoms with Crippen molar-refractivity contribution in [3.63, 3.8) is 0 Å². The van der Waals surface area contributed by atoms with E-state index in [4.69, 9.17) is 4.74 Å². The molecular weight excluding hydrogens is 429 g/mol. The van der Waals surface area contributed by atoms with Crippen LogP contribution in [0, 0.1) is 11.8 Å². The Morgan fingerprint density at radius 2 is 1.97 bits per heavy atom. The zero-order valence-corrected chi connectivity index (χ0v) is 18.2. The number of esters is 1. The molecule has 0 aromatic rings. The summed E-state index contributed by atoms with van der Waals surface area (Å²) in [6, 6.07) is -1.96. The molecule has 0 radical (unpaired) electrons. The number of carbonyl (C=O) groups excluding carboxylic acids is 4. The fourth-order valence-electron chi connectivity index (χ4n) is 3.91. The van der Waals surface area contributed by atoms with Crippen molar-refractivity contribution in [3.05, 3.63) is 12.2 Å². The first-order valence-electron chi connectivity index (χ1n) is 11.2. The number of carbonyl (C=O) groups is 4. The molecule has 180 valence electrons. The number of unbranched alkanes of at least 4 members (excludes halogenated alkanes) is 3. The predicted molar refractivity (Wildman–Crippen MR) is 109 cm³/mol. The van der Waals surface area contributed by atoms with Gasteiger partial charge in [-0.15, -0.1) is 0 Å². The van der Waals surface area contributed by atoms with Gasteiger partial charge < -0.3 is 19.7 Å². The van der Waals surface area contributed by atoms with Crippen LogP contribution in [0.25, 0.3) is 0 Å². The minimum absolute atomic E-state index is 0.0593. The zero-order chi connectivity index (χ0) is 23.7. The summed E-state index contributed by atoms with van der Waals surface area (Å²) < 4.78 is 43.0. The van der Waals surface area contributed by atoms with Crippen LogP contribution in [-0.2, 0) is 23.9 Å². The van der Waals surface area contributed by atoms with E-state index in [0.29, 0.717) is 45.1 Å². The fourth-order valence-corrected chi connectivity index (χ4v) is 3.91. The Bertz CT molecular complexity index is 710. The molecule has 1 unspecified atom stereocenters. The van der Waals surface area contributed by atoms with Gasteiger partial charge in [-0.05, 0) is 51.4 Å². The Hall–Kier alpha value is -2.39. The number of allylic oxidation sites excluding steroid dienone is 2. The first kappa shape index (κ1) is 25.9. The first-order chi connectivity index (χ1) is 15.2. The van der Waals surface area contributed by atoms with Crippen LogP contribution in [-0.4, -0.2) is 60.4 Å². The lowest BCUT2D eigenvalue weighted by molar-refractivity contribution is -0.175. The molecule has 1 N–H and O–H groups in total. The molecule has 32 heavy (non-hydrogen) atoms. The lowest BCUT2D eigenvalue weighted by atomic mass is 10.0. The largest absolute Gasteiger partial charge is 0.471 e. The first-order valence-corrected chi connectivity index (χ1v) is 11.2. The quantitative estimate of drug-likeness (QED) is 0.209. The highest BCUT2D eigenvalue weighted by Crippen LogP contribution is 2.40. The molecule has 0 spiro atoms. The normalized spacial score (nSPS) is 23.8. The van der Waals surface area contributed by atoms with Gasteiger partial charge in [-0.1, -0.05) is 25.0 Å². The van der Waals surface area contributed by atoms with Gasteiger partial charge in [-0.25, -0.2) is 0 Å². The summed E-state index contributed by atoms with van der Waals surface area (Å²) in [6.45, 7) is 2.43. The van der Waals surface area contributed by atoms with E-state index < -0.39 is 30.1 Å². The second-order valence-corrected chi connectivity index (χ2v) is 8.23. The van der Waals surface area contributed by atoms with Gasteiger partial charge in [0.1, 0.15) is 12.3 Å². The van der Waals surface area contributed by atoms with E-state index in [1.54, 1.807) is 12.2 Å². The van der Waals surface area contributed by atoms with Crippen LogP contribution in [0.1, 0.15) is 58.3 Å². The van der Waals surface area contributed by atoms with E-state index in [1.807, 2.05) is 12.2 Å². The molecule has 1 saturated carbocycles. The van der Waals surface area contributed by atoms with Gasteiger partial charge in [0.15, 0.2) is 0 Å². The van der Waals surface area contributed by atoms with E-state index in [0.717, 1.165) is 19.3 Å². The van der Waals surface area contributed by atoms with E-state index in [1.165, 1.54) is 4.90 Å². The van der Waals surface area contributed by atoms with Crippen LogP contribution in [0.15, 0.2) is 12.2 Å². The van der Waals surface area contributed by atoms with Crippen LogP contribution in [0.3, 0.4) is 0 Å². The molecule has 0 aromatic heterocycles. The summed E-state index contributed by atoms with van der Waals surface area (Å²) in [5.41, 5.74) is 0. The minimum atomic E-state index is -5.08. The highest BCUT2D eigenvalue weighted by molar-refractivity contribution is 5.91. The molecule has 2 amide bonds. The Kier molecular flexibility index (Phi) is 9.71. The van der Waals surface area contributed by atoms with Gasteiger partial charge in [0.25, 0.3) is 0 Å². The molecule has 7 nitrogen and oxygen atoms in total. The average Bonchev–Trinajstić information content (AvgIpc) is 3.36. The molecule has 1 aliphatic heterocycles. The van der Waals surface area contributed by atoms with E-state index >= 15 is 0 Å². The number of hydrogen-bond donors (Lipinski definition) is 1. The van der Waals surface area contributed by atoms with Crippen molar-refractivity contribution in [1.82, 2.24) is 10.2 Å². The predicted octanol–water partition coefficient (Wildman–Crippen LogP) is 2.93. The summed E-state index contributed by atoms with van der Waals surface area (Å²) in [5, 5.41) is 1.80. The molecule has 4 atom stereocenters. The summed E-state index contributed by atoms with van der Waals surface area (Å²) in [4.78, 5) is 48.0. The smallest absolute Gasteiger partial charge is 0.466 e. The molecule has 0 aromatic carbocycles. The summed E-state index contributed by atoms with van der Waals surface area (Å²) in [7, 11) is 0. The van der Waals surface area contributed by atoms with Gasteiger partial charge in [0.05, 0.1) is 18.6 Å². The van der Waals surface area contributed by atoms with Crippen molar-refractivity contribution in [3.8, 4) is 0 Å². The highest BCUT2D eigenvalue weighted by Gasteiger charge is 2.43. The van der Waals surface area contributed by atoms with Crippen molar-refractivity contribution in [2.45, 2.75) is 76.6 Å². The Balaban J connectivity index is 1.77. The highest BCUT2D eigenvalue weighted by atomic mass is 19.4.